The van der Waals surface area contributed by atoms with Crippen molar-refractivity contribution >= 4 is 11.5 Å². The molecular weight excluding hydrogens is 250 g/mol. The van der Waals surface area contributed by atoms with E-state index in [1.54, 1.807) is 7.11 Å². The Balaban J connectivity index is 2.92. The Morgan fingerprint density at radius 3 is 2.20 bits per heavy atom. The fraction of sp³-hybridized carbons (Fsp3) is 0.588. The van der Waals surface area contributed by atoms with Gasteiger partial charge >= 0.3 is 0 Å². The van der Waals surface area contributed by atoms with Gasteiger partial charge in [0.15, 0.2) is 5.78 Å². The van der Waals surface area contributed by atoms with E-state index in [0.717, 1.165) is 24.9 Å². The van der Waals surface area contributed by atoms with Gasteiger partial charge in [-0.05, 0) is 37.1 Å². The molecule has 20 heavy (non-hydrogen) atoms. The molecule has 1 aromatic rings. The van der Waals surface area contributed by atoms with Crippen LogP contribution in [0, 0.1) is 0 Å². The second-order valence-electron chi connectivity index (χ2n) is 4.98. The molecule has 0 fully saturated rings. The third-order valence-electron chi connectivity index (χ3n) is 3.76. The zero-order chi connectivity index (χ0) is 15.0. The lowest BCUT2D eigenvalue weighted by Crippen LogP contribution is -2.37. The van der Waals surface area contributed by atoms with Gasteiger partial charge in [-0.25, -0.2) is 0 Å². The molecule has 3 nitrogen and oxygen atoms in total. The van der Waals surface area contributed by atoms with Crippen molar-refractivity contribution in [2.24, 2.45) is 0 Å². The molecule has 0 N–H and O–H groups in total. The van der Waals surface area contributed by atoms with Gasteiger partial charge in [0.1, 0.15) is 0 Å². The maximum atomic E-state index is 11.7. The van der Waals surface area contributed by atoms with Crippen LogP contribution in [0.4, 0.5) is 5.69 Å². The maximum Gasteiger partial charge on any atom is 0.162 e. The zero-order valence-electron chi connectivity index (χ0n) is 13.2. The molecular formula is C17H27NO2. The molecule has 0 saturated heterocycles. The predicted molar refractivity (Wildman–Crippen MR) is 84.7 cm³/mol. The van der Waals surface area contributed by atoms with Crippen molar-refractivity contribution < 1.29 is 9.53 Å². The molecule has 1 aromatic carbocycles. The Hall–Kier alpha value is -1.35. The summed E-state index contributed by atoms with van der Waals surface area (Å²) in [6, 6.07) is 8.48. The van der Waals surface area contributed by atoms with Crippen LogP contribution in [0.15, 0.2) is 24.3 Å². The molecule has 0 aliphatic carbocycles. The Morgan fingerprint density at radius 1 is 1.15 bits per heavy atom. The van der Waals surface area contributed by atoms with E-state index in [1.807, 2.05) is 19.1 Å². The van der Waals surface area contributed by atoms with Crippen LogP contribution in [-0.2, 0) is 4.74 Å². The first-order valence-corrected chi connectivity index (χ1v) is 7.56. The minimum Gasteiger partial charge on any atom is -0.383 e. The number of rotatable bonds is 9. The number of ketones is 1. The molecule has 3 heteroatoms. The second-order valence-corrected chi connectivity index (χ2v) is 4.98. The third-order valence-corrected chi connectivity index (χ3v) is 3.76. The summed E-state index contributed by atoms with van der Waals surface area (Å²) in [6.07, 6.45) is 2.77. The van der Waals surface area contributed by atoms with Crippen molar-refractivity contribution in [3.63, 3.8) is 0 Å². The van der Waals surface area contributed by atoms with Crippen LogP contribution in [0.2, 0.25) is 0 Å². The van der Waals surface area contributed by atoms with Crippen LogP contribution in [0.25, 0.3) is 0 Å². The number of Topliss-reactive ketones (excluding diaryl/α,β-unsaturated/α-hetero) is 1. The molecule has 0 aliphatic rings. The lowest BCUT2D eigenvalue weighted by molar-refractivity contribution is 0.0988. The lowest BCUT2D eigenvalue weighted by Gasteiger charge is -2.32. The van der Waals surface area contributed by atoms with Crippen LogP contribution in [0.5, 0.6) is 0 Å². The molecule has 112 valence electrons. The van der Waals surface area contributed by atoms with Gasteiger partial charge in [0.05, 0.1) is 6.61 Å². The van der Waals surface area contributed by atoms with Crippen molar-refractivity contribution in [1.82, 2.24) is 0 Å². The summed E-state index contributed by atoms with van der Waals surface area (Å²) in [5.74, 6) is 0.197. The standard InChI is InChI=1S/C17H27NO2/c1-5-15(6-2)18(12-13-20-4)16-10-8-14(9-11-16)17(19)7-3/h8-11,15H,5-7,12-13H2,1-4H3. The molecule has 0 unspecified atom stereocenters. The van der Waals surface area contributed by atoms with Gasteiger partial charge < -0.3 is 9.64 Å². The number of methoxy groups -OCH3 is 1. The summed E-state index contributed by atoms with van der Waals surface area (Å²) < 4.78 is 5.22. The highest BCUT2D eigenvalue weighted by atomic mass is 16.5. The zero-order valence-corrected chi connectivity index (χ0v) is 13.2. The number of hydrogen-bond donors (Lipinski definition) is 0. The Kier molecular flexibility index (Phi) is 7.31. The number of carbonyl (C=O) groups is 1. The van der Waals surface area contributed by atoms with E-state index < -0.39 is 0 Å². The van der Waals surface area contributed by atoms with Crippen LogP contribution in [-0.4, -0.2) is 32.1 Å². The predicted octanol–water partition coefficient (Wildman–Crippen LogP) is 3.92. The van der Waals surface area contributed by atoms with Crippen molar-refractivity contribution in [2.75, 3.05) is 25.2 Å². The Labute approximate surface area is 122 Å². The largest absolute Gasteiger partial charge is 0.383 e. The fourth-order valence-electron chi connectivity index (χ4n) is 2.48. The molecule has 0 saturated carbocycles. The van der Waals surface area contributed by atoms with E-state index in [4.69, 9.17) is 4.74 Å². The first kappa shape index (κ1) is 16.7. The number of benzene rings is 1. The first-order valence-electron chi connectivity index (χ1n) is 7.56. The second kappa shape index (κ2) is 8.75. The number of ether oxygens (including phenoxy) is 1. The third kappa shape index (κ3) is 4.34. The summed E-state index contributed by atoms with van der Waals surface area (Å²) in [6.45, 7) is 7.91. The average Bonchev–Trinajstić information content (AvgIpc) is 2.51. The van der Waals surface area contributed by atoms with E-state index in [0.29, 0.717) is 19.1 Å². The molecule has 0 aromatic heterocycles. The Morgan fingerprint density at radius 2 is 1.75 bits per heavy atom. The van der Waals surface area contributed by atoms with Crippen LogP contribution in [0.1, 0.15) is 50.4 Å². The van der Waals surface area contributed by atoms with Gasteiger partial charge in [-0.1, -0.05) is 20.8 Å². The first-order chi connectivity index (χ1) is 9.67. The normalized spacial score (nSPS) is 10.8. The molecule has 0 heterocycles. The van der Waals surface area contributed by atoms with Gasteiger partial charge in [-0.3, -0.25) is 4.79 Å². The van der Waals surface area contributed by atoms with Gasteiger partial charge in [-0.2, -0.15) is 0 Å². The summed E-state index contributed by atoms with van der Waals surface area (Å²) in [5, 5.41) is 0. The van der Waals surface area contributed by atoms with E-state index in [-0.39, 0.29) is 5.78 Å². The highest BCUT2D eigenvalue weighted by molar-refractivity contribution is 5.96. The van der Waals surface area contributed by atoms with Gasteiger partial charge in [-0.15, -0.1) is 0 Å². The number of hydrogen-bond acceptors (Lipinski definition) is 3. The summed E-state index contributed by atoms with van der Waals surface area (Å²) >= 11 is 0. The van der Waals surface area contributed by atoms with Crippen molar-refractivity contribution in [3.8, 4) is 0 Å². The number of anilines is 1. The average molecular weight is 277 g/mol. The van der Waals surface area contributed by atoms with E-state index in [1.165, 1.54) is 5.69 Å². The highest BCUT2D eigenvalue weighted by Gasteiger charge is 2.15. The minimum absolute atomic E-state index is 0.197. The van der Waals surface area contributed by atoms with Gasteiger partial charge in [0.2, 0.25) is 0 Å². The van der Waals surface area contributed by atoms with Gasteiger partial charge in [0.25, 0.3) is 0 Å². The quantitative estimate of drug-likeness (QED) is 0.641. The monoisotopic (exact) mass is 277 g/mol. The topological polar surface area (TPSA) is 29.5 Å². The van der Waals surface area contributed by atoms with E-state index in [9.17, 15) is 4.79 Å². The van der Waals surface area contributed by atoms with E-state index in [2.05, 4.69) is 30.9 Å². The highest BCUT2D eigenvalue weighted by Crippen LogP contribution is 2.21. The summed E-state index contributed by atoms with van der Waals surface area (Å²) in [7, 11) is 1.73. The molecule has 0 bridgehead atoms. The lowest BCUT2D eigenvalue weighted by atomic mass is 10.1. The van der Waals surface area contributed by atoms with Crippen LogP contribution < -0.4 is 4.90 Å². The SMILES string of the molecule is CCC(=O)c1ccc(N(CCOC)C(CC)CC)cc1. The van der Waals surface area contributed by atoms with Crippen molar-refractivity contribution in [1.29, 1.82) is 0 Å². The summed E-state index contributed by atoms with van der Waals surface area (Å²) in [5.41, 5.74) is 1.97. The number of carbonyl (C=O) groups excluding carboxylic acids is 1. The smallest absolute Gasteiger partial charge is 0.162 e. The fourth-order valence-corrected chi connectivity index (χ4v) is 2.48. The summed E-state index contributed by atoms with van der Waals surface area (Å²) in [4.78, 5) is 14.1. The van der Waals surface area contributed by atoms with Gasteiger partial charge in [0, 0.05) is 37.4 Å². The van der Waals surface area contributed by atoms with Crippen LogP contribution in [0.3, 0.4) is 0 Å². The van der Waals surface area contributed by atoms with Crippen molar-refractivity contribution in [2.45, 2.75) is 46.1 Å². The minimum atomic E-state index is 0.197. The molecule has 0 aliphatic heterocycles. The van der Waals surface area contributed by atoms with Crippen LogP contribution >= 0.6 is 0 Å². The molecule has 1 rings (SSSR count). The number of nitrogens with zero attached hydrogens (tertiary/aromatic N) is 1. The molecule has 0 spiro atoms. The molecule has 0 amide bonds. The van der Waals surface area contributed by atoms with Crippen molar-refractivity contribution in [3.05, 3.63) is 29.8 Å². The molecule has 0 radical (unpaired) electrons. The Bertz CT molecular complexity index is 396. The molecule has 0 atom stereocenters. The maximum absolute atomic E-state index is 11.7. The van der Waals surface area contributed by atoms with E-state index >= 15 is 0 Å².